The van der Waals surface area contributed by atoms with Crippen LogP contribution < -0.4 is 14.8 Å². The van der Waals surface area contributed by atoms with Crippen LogP contribution in [0, 0.1) is 0 Å². The zero-order chi connectivity index (χ0) is 16.5. The van der Waals surface area contributed by atoms with Gasteiger partial charge in [-0.05, 0) is 42.5 Å². The van der Waals surface area contributed by atoms with Crippen molar-refractivity contribution in [3.05, 3.63) is 58.4 Å². The number of carbonyl (C=O) groups excluding carboxylic acids is 1. The fraction of sp³-hybridized carbons (Fsp3) is 0.0588. The molecular weight excluding hydrogens is 348 g/mol. The molecule has 1 aromatic heterocycles. The lowest BCUT2D eigenvalue weighted by atomic mass is 10.1. The Labute approximate surface area is 146 Å². The molecule has 0 radical (unpaired) electrons. The van der Waals surface area contributed by atoms with Crippen molar-refractivity contribution in [1.29, 1.82) is 0 Å². The highest BCUT2D eigenvalue weighted by molar-refractivity contribution is 7.14. The number of anilines is 1. The van der Waals surface area contributed by atoms with Crippen LogP contribution in [0.3, 0.4) is 0 Å². The van der Waals surface area contributed by atoms with E-state index in [1.807, 2.05) is 23.6 Å². The Kier molecular flexibility index (Phi) is 3.84. The van der Waals surface area contributed by atoms with Crippen LogP contribution in [0.15, 0.2) is 47.8 Å². The average Bonchev–Trinajstić information content (AvgIpc) is 3.23. The summed E-state index contributed by atoms with van der Waals surface area (Å²) in [4.78, 5) is 16.7. The van der Waals surface area contributed by atoms with Crippen LogP contribution in [0.25, 0.3) is 11.3 Å². The van der Waals surface area contributed by atoms with Crippen LogP contribution >= 0.6 is 22.9 Å². The molecule has 3 aromatic rings. The molecule has 0 saturated carbocycles. The van der Waals surface area contributed by atoms with Crippen LogP contribution in [0.5, 0.6) is 11.5 Å². The summed E-state index contributed by atoms with van der Waals surface area (Å²) in [5.74, 6) is 1.20. The molecule has 7 heteroatoms. The van der Waals surface area contributed by atoms with Gasteiger partial charge in [-0.25, -0.2) is 4.98 Å². The Bertz CT molecular complexity index is 908. The normalized spacial score (nSPS) is 12.2. The number of aromatic nitrogens is 1. The van der Waals surface area contributed by atoms with Crippen LogP contribution in [0.4, 0.5) is 5.13 Å². The van der Waals surface area contributed by atoms with Gasteiger partial charge in [-0.3, -0.25) is 10.1 Å². The number of hydrogen-bond acceptors (Lipinski definition) is 5. The lowest BCUT2D eigenvalue weighted by molar-refractivity contribution is 0.102. The zero-order valence-corrected chi connectivity index (χ0v) is 13.9. The van der Waals surface area contributed by atoms with E-state index in [4.69, 9.17) is 21.1 Å². The number of nitrogens with zero attached hydrogens (tertiary/aromatic N) is 1. The number of amides is 1. The Balaban J connectivity index is 1.52. The van der Waals surface area contributed by atoms with Crippen molar-refractivity contribution in [1.82, 2.24) is 4.98 Å². The van der Waals surface area contributed by atoms with Gasteiger partial charge in [0.05, 0.1) is 5.69 Å². The number of benzene rings is 2. The van der Waals surface area contributed by atoms with Crippen molar-refractivity contribution in [2.75, 3.05) is 12.1 Å². The van der Waals surface area contributed by atoms with Gasteiger partial charge in [-0.2, -0.15) is 0 Å². The van der Waals surface area contributed by atoms with Crippen LogP contribution in [-0.4, -0.2) is 17.7 Å². The molecule has 1 N–H and O–H groups in total. The summed E-state index contributed by atoms with van der Waals surface area (Å²) in [5, 5.41) is 5.79. The predicted molar refractivity (Wildman–Crippen MR) is 93.1 cm³/mol. The Morgan fingerprint density at radius 2 is 1.92 bits per heavy atom. The third-order valence-electron chi connectivity index (χ3n) is 3.50. The third kappa shape index (κ3) is 2.93. The van der Waals surface area contributed by atoms with E-state index < -0.39 is 0 Å². The maximum Gasteiger partial charge on any atom is 0.257 e. The molecule has 2 heterocycles. The zero-order valence-electron chi connectivity index (χ0n) is 12.3. The second-order valence-corrected chi connectivity index (χ2v) is 6.36. The van der Waals surface area contributed by atoms with Gasteiger partial charge in [0.25, 0.3) is 5.91 Å². The molecule has 0 bridgehead atoms. The number of carbonyl (C=O) groups is 1. The Hall–Kier alpha value is -2.57. The topological polar surface area (TPSA) is 60.5 Å². The van der Waals surface area contributed by atoms with E-state index in [2.05, 4.69) is 10.3 Å². The van der Waals surface area contributed by atoms with Crippen molar-refractivity contribution >= 4 is 34.0 Å². The van der Waals surface area contributed by atoms with Gasteiger partial charge >= 0.3 is 0 Å². The van der Waals surface area contributed by atoms with Crippen molar-refractivity contribution in [3.8, 4) is 22.8 Å². The summed E-state index contributed by atoms with van der Waals surface area (Å²) in [6.07, 6.45) is 0. The number of nitrogens with one attached hydrogen (secondary N) is 1. The van der Waals surface area contributed by atoms with Gasteiger partial charge < -0.3 is 9.47 Å². The molecule has 120 valence electrons. The second kappa shape index (κ2) is 6.14. The van der Waals surface area contributed by atoms with E-state index in [-0.39, 0.29) is 12.7 Å². The Morgan fingerprint density at radius 3 is 2.75 bits per heavy atom. The van der Waals surface area contributed by atoms with E-state index in [9.17, 15) is 4.79 Å². The summed E-state index contributed by atoms with van der Waals surface area (Å²) < 4.78 is 10.7. The number of thiazole rings is 1. The molecule has 1 amide bonds. The number of halogens is 1. The number of fused-ring (bicyclic) bond motifs is 1. The highest BCUT2D eigenvalue weighted by atomic mass is 35.5. The molecule has 0 spiro atoms. The minimum Gasteiger partial charge on any atom is -0.454 e. The fourth-order valence-electron chi connectivity index (χ4n) is 2.29. The molecule has 1 aliphatic heterocycles. The summed E-state index contributed by atoms with van der Waals surface area (Å²) >= 11 is 7.19. The van der Waals surface area contributed by atoms with Crippen LogP contribution in [0.2, 0.25) is 5.02 Å². The molecule has 0 saturated heterocycles. The van der Waals surface area contributed by atoms with Crippen molar-refractivity contribution in [2.24, 2.45) is 0 Å². The Morgan fingerprint density at radius 1 is 1.12 bits per heavy atom. The molecule has 5 nitrogen and oxygen atoms in total. The maximum atomic E-state index is 12.2. The summed E-state index contributed by atoms with van der Waals surface area (Å²) in [7, 11) is 0. The predicted octanol–water partition coefficient (Wildman–Crippen LogP) is 4.44. The number of ether oxygens (including phenoxy) is 2. The fourth-order valence-corrected chi connectivity index (χ4v) is 3.13. The molecule has 2 aromatic carbocycles. The van der Waals surface area contributed by atoms with Crippen molar-refractivity contribution < 1.29 is 14.3 Å². The largest absolute Gasteiger partial charge is 0.454 e. The summed E-state index contributed by atoms with van der Waals surface area (Å²) in [6, 6.07) is 12.3. The first-order chi connectivity index (χ1) is 11.7. The van der Waals surface area contributed by atoms with E-state index in [1.54, 1.807) is 24.3 Å². The van der Waals surface area contributed by atoms with Gasteiger partial charge in [0.15, 0.2) is 16.6 Å². The summed E-state index contributed by atoms with van der Waals surface area (Å²) in [6.45, 7) is 0.234. The molecule has 0 fully saturated rings. The minimum atomic E-state index is -0.224. The van der Waals surface area contributed by atoms with Gasteiger partial charge in [-0.1, -0.05) is 11.6 Å². The first-order valence-electron chi connectivity index (χ1n) is 7.11. The molecular formula is C17H11ClN2O3S. The van der Waals surface area contributed by atoms with Gasteiger partial charge in [-0.15, -0.1) is 11.3 Å². The van der Waals surface area contributed by atoms with Crippen LogP contribution in [-0.2, 0) is 0 Å². The van der Waals surface area contributed by atoms with E-state index in [0.29, 0.717) is 21.5 Å². The van der Waals surface area contributed by atoms with Crippen molar-refractivity contribution in [2.45, 2.75) is 0 Å². The maximum absolute atomic E-state index is 12.2. The van der Waals surface area contributed by atoms with E-state index in [1.165, 1.54) is 11.3 Å². The average molecular weight is 359 g/mol. The highest BCUT2D eigenvalue weighted by Gasteiger charge is 2.15. The smallest absolute Gasteiger partial charge is 0.257 e. The molecule has 0 unspecified atom stereocenters. The third-order valence-corrected chi connectivity index (χ3v) is 4.51. The molecule has 4 rings (SSSR count). The molecule has 1 aliphatic rings. The second-order valence-electron chi connectivity index (χ2n) is 5.07. The SMILES string of the molecule is O=C(Nc1nc(-c2ccc3c(c2)OCO3)cs1)c1ccc(Cl)cc1. The lowest BCUT2D eigenvalue weighted by Gasteiger charge is -2.02. The monoisotopic (exact) mass is 358 g/mol. The first kappa shape index (κ1) is 15.0. The summed E-state index contributed by atoms with van der Waals surface area (Å²) in [5.41, 5.74) is 2.20. The minimum absolute atomic E-state index is 0.224. The lowest BCUT2D eigenvalue weighted by Crippen LogP contribution is -2.11. The van der Waals surface area contributed by atoms with Gasteiger partial charge in [0, 0.05) is 21.5 Å². The quantitative estimate of drug-likeness (QED) is 0.751. The molecule has 0 aliphatic carbocycles. The van der Waals surface area contributed by atoms with Gasteiger partial charge in [0.1, 0.15) is 0 Å². The molecule has 24 heavy (non-hydrogen) atoms. The molecule has 0 atom stereocenters. The standard InChI is InChI=1S/C17H11ClN2O3S/c18-12-4-1-10(2-5-12)16(21)20-17-19-13(8-24-17)11-3-6-14-15(7-11)23-9-22-14/h1-8H,9H2,(H,19,20,21). The first-order valence-corrected chi connectivity index (χ1v) is 8.37. The number of rotatable bonds is 3. The van der Waals surface area contributed by atoms with E-state index >= 15 is 0 Å². The number of hydrogen-bond donors (Lipinski definition) is 1. The van der Waals surface area contributed by atoms with Crippen LogP contribution in [0.1, 0.15) is 10.4 Å². The van der Waals surface area contributed by atoms with E-state index in [0.717, 1.165) is 17.0 Å². The highest BCUT2D eigenvalue weighted by Crippen LogP contribution is 2.36. The van der Waals surface area contributed by atoms with Gasteiger partial charge in [0.2, 0.25) is 6.79 Å². The van der Waals surface area contributed by atoms with Crippen molar-refractivity contribution in [3.63, 3.8) is 0 Å².